The van der Waals surface area contributed by atoms with Crippen molar-refractivity contribution >= 4 is 0 Å². The SMILES string of the molecule is CC1CCC(N2CCC3(O)CCCCC3C2)CC1. The van der Waals surface area contributed by atoms with Crippen LogP contribution in [0.1, 0.15) is 64.7 Å². The second-order valence-corrected chi connectivity index (χ2v) is 7.20. The average Bonchev–Trinajstić information content (AvgIpc) is 2.39. The van der Waals surface area contributed by atoms with Crippen molar-refractivity contribution in [3.63, 3.8) is 0 Å². The van der Waals surface area contributed by atoms with Crippen LogP contribution in [0, 0.1) is 11.8 Å². The number of hydrogen-bond acceptors (Lipinski definition) is 2. The number of piperidine rings is 1. The van der Waals surface area contributed by atoms with Crippen LogP contribution < -0.4 is 0 Å². The quantitative estimate of drug-likeness (QED) is 0.773. The van der Waals surface area contributed by atoms with Gasteiger partial charge in [-0.05, 0) is 50.9 Å². The summed E-state index contributed by atoms with van der Waals surface area (Å²) in [6.45, 7) is 4.72. The Labute approximate surface area is 112 Å². The Morgan fingerprint density at radius 2 is 1.78 bits per heavy atom. The lowest BCUT2D eigenvalue weighted by molar-refractivity contribution is -0.105. The highest BCUT2D eigenvalue weighted by atomic mass is 16.3. The maximum absolute atomic E-state index is 10.7. The summed E-state index contributed by atoms with van der Waals surface area (Å²) in [5.74, 6) is 1.51. The summed E-state index contributed by atoms with van der Waals surface area (Å²) in [6, 6.07) is 0.827. The molecule has 0 aromatic carbocycles. The summed E-state index contributed by atoms with van der Waals surface area (Å²) in [7, 11) is 0. The lowest BCUT2D eigenvalue weighted by Crippen LogP contribution is -2.56. The third kappa shape index (κ3) is 2.46. The molecular formula is C16H29NO. The summed E-state index contributed by atoms with van der Waals surface area (Å²) in [4.78, 5) is 2.72. The molecule has 3 aliphatic rings. The van der Waals surface area contributed by atoms with Crippen LogP contribution in [0.15, 0.2) is 0 Å². The van der Waals surface area contributed by atoms with E-state index in [4.69, 9.17) is 0 Å². The van der Waals surface area contributed by atoms with Crippen LogP contribution in [0.4, 0.5) is 0 Å². The van der Waals surface area contributed by atoms with Gasteiger partial charge in [-0.2, -0.15) is 0 Å². The summed E-state index contributed by atoms with van der Waals surface area (Å²) in [5, 5.41) is 10.7. The van der Waals surface area contributed by atoms with E-state index in [-0.39, 0.29) is 5.60 Å². The number of aliphatic hydroxyl groups is 1. The van der Waals surface area contributed by atoms with Crippen molar-refractivity contribution in [2.45, 2.75) is 76.4 Å². The molecule has 2 atom stereocenters. The zero-order chi connectivity index (χ0) is 12.6. The Hall–Kier alpha value is -0.0800. The number of hydrogen-bond donors (Lipinski definition) is 1. The van der Waals surface area contributed by atoms with Gasteiger partial charge in [-0.3, -0.25) is 4.90 Å². The molecule has 1 N–H and O–H groups in total. The molecule has 0 aromatic rings. The highest BCUT2D eigenvalue weighted by Gasteiger charge is 2.44. The van der Waals surface area contributed by atoms with Gasteiger partial charge < -0.3 is 5.11 Å². The lowest BCUT2D eigenvalue weighted by atomic mass is 9.70. The molecule has 0 amide bonds. The van der Waals surface area contributed by atoms with Gasteiger partial charge >= 0.3 is 0 Å². The molecule has 104 valence electrons. The van der Waals surface area contributed by atoms with Crippen molar-refractivity contribution < 1.29 is 5.11 Å². The monoisotopic (exact) mass is 251 g/mol. The van der Waals surface area contributed by atoms with Crippen LogP contribution in [0.2, 0.25) is 0 Å². The van der Waals surface area contributed by atoms with Crippen molar-refractivity contribution in [3.8, 4) is 0 Å². The van der Waals surface area contributed by atoms with Crippen molar-refractivity contribution in [2.24, 2.45) is 11.8 Å². The van der Waals surface area contributed by atoms with Gasteiger partial charge in [-0.25, -0.2) is 0 Å². The minimum atomic E-state index is -0.295. The highest BCUT2D eigenvalue weighted by molar-refractivity contribution is 4.97. The van der Waals surface area contributed by atoms with Crippen LogP contribution in [0.5, 0.6) is 0 Å². The van der Waals surface area contributed by atoms with E-state index in [0.717, 1.165) is 31.3 Å². The Balaban J connectivity index is 1.60. The largest absolute Gasteiger partial charge is 0.390 e. The van der Waals surface area contributed by atoms with Gasteiger partial charge in [0.1, 0.15) is 0 Å². The maximum atomic E-state index is 10.7. The van der Waals surface area contributed by atoms with E-state index in [9.17, 15) is 5.11 Å². The van der Waals surface area contributed by atoms with Crippen LogP contribution in [-0.2, 0) is 0 Å². The molecule has 2 heteroatoms. The fourth-order valence-corrected chi connectivity index (χ4v) is 4.54. The van der Waals surface area contributed by atoms with E-state index >= 15 is 0 Å². The molecule has 3 rings (SSSR count). The number of nitrogens with zero attached hydrogens (tertiary/aromatic N) is 1. The Morgan fingerprint density at radius 3 is 2.56 bits per heavy atom. The van der Waals surface area contributed by atoms with E-state index in [1.54, 1.807) is 0 Å². The molecule has 1 heterocycles. The minimum absolute atomic E-state index is 0.295. The van der Waals surface area contributed by atoms with Crippen molar-refractivity contribution in [1.29, 1.82) is 0 Å². The summed E-state index contributed by atoms with van der Waals surface area (Å²) >= 11 is 0. The molecule has 0 bridgehead atoms. The molecule has 2 aliphatic carbocycles. The van der Waals surface area contributed by atoms with Gasteiger partial charge in [0.05, 0.1) is 5.60 Å². The first-order chi connectivity index (χ1) is 8.67. The standard InChI is InChI=1S/C16H29NO/c1-13-5-7-15(8-6-13)17-11-10-16(18)9-3-2-4-14(16)12-17/h13-15,18H,2-12H2,1H3. The molecule has 0 radical (unpaired) electrons. The number of fused-ring (bicyclic) bond motifs is 1. The zero-order valence-corrected chi connectivity index (χ0v) is 11.9. The van der Waals surface area contributed by atoms with E-state index < -0.39 is 0 Å². The fourth-order valence-electron chi connectivity index (χ4n) is 4.54. The molecule has 3 fully saturated rings. The number of likely N-dealkylation sites (tertiary alicyclic amines) is 1. The predicted molar refractivity (Wildman–Crippen MR) is 74.5 cm³/mol. The Morgan fingerprint density at radius 1 is 1.00 bits per heavy atom. The summed E-state index contributed by atoms with van der Waals surface area (Å²) < 4.78 is 0. The summed E-state index contributed by atoms with van der Waals surface area (Å²) in [5.41, 5.74) is -0.295. The fraction of sp³-hybridized carbons (Fsp3) is 1.00. The van der Waals surface area contributed by atoms with E-state index in [1.165, 1.54) is 51.5 Å². The Bertz CT molecular complexity index is 285. The first kappa shape index (κ1) is 12.9. The molecular weight excluding hydrogens is 222 g/mol. The molecule has 0 spiro atoms. The van der Waals surface area contributed by atoms with Gasteiger partial charge in [-0.1, -0.05) is 19.8 Å². The normalized spacial score (nSPS) is 46.7. The lowest BCUT2D eigenvalue weighted by Gasteiger charge is -2.50. The van der Waals surface area contributed by atoms with Crippen LogP contribution in [-0.4, -0.2) is 34.7 Å². The van der Waals surface area contributed by atoms with Gasteiger partial charge in [0.2, 0.25) is 0 Å². The number of rotatable bonds is 1. The third-order valence-corrected chi connectivity index (χ3v) is 5.96. The maximum Gasteiger partial charge on any atom is 0.0700 e. The molecule has 18 heavy (non-hydrogen) atoms. The van der Waals surface area contributed by atoms with Crippen LogP contribution in [0.3, 0.4) is 0 Å². The first-order valence-corrected chi connectivity index (χ1v) is 8.14. The third-order valence-electron chi connectivity index (χ3n) is 5.96. The van der Waals surface area contributed by atoms with Crippen molar-refractivity contribution in [2.75, 3.05) is 13.1 Å². The molecule has 0 aromatic heterocycles. The van der Waals surface area contributed by atoms with Crippen LogP contribution >= 0.6 is 0 Å². The smallest absolute Gasteiger partial charge is 0.0700 e. The molecule has 1 aliphatic heterocycles. The van der Waals surface area contributed by atoms with Crippen molar-refractivity contribution in [3.05, 3.63) is 0 Å². The average molecular weight is 251 g/mol. The van der Waals surface area contributed by atoms with E-state index in [1.807, 2.05) is 0 Å². The molecule has 2 saturated carbocycles. The first-order valence-electron chi connectivity index (χ1n) is 8.14. The van der Waals surface area contributed by atoms with Gasteiger partial charge in [0, 0.05) is 25.0 Å². The Kier molecular flexibility index (Phi) is 3.68. The molecule has 1 saturated heterocycles. The second-order valence-electron chi connectivity index (χ2n) is 7.20. The minimum Gasteiger partial charge on any atom is -0.390 e. The van der Waals surface area contributed by atoms with E-state index in [2.05, 4.69) is 11.8 Å². The van der Waals surface area contributed by atoms with Gasteiger partial charge in [0.25, 0.3) is 0 Å². The second kappa shape index (κ2) is 5.13. The molecule has 2 nitrogen and oxygen atoms in total. The summed E-state index contributed by atoms with van der Waals surface area (Å²) in [6.07, 6.45) is 11.5. The van der Waals surface area contributed by atoms with Gasteiger partial charge in [-0.15, -0.1) is 0 Å². The van der Waals surface area contributed by atoms with Gasteiger partial charge in [0.15, 0.2) is 0 Å². The molecule has 2 unspecified atom stereocenters. The van der Waals surface area contributed by atoms with E-state index in [0.29, 0.717) is 5.92 Å². The topological polar surface area (TPSA) is 23.5 Å². The highest BCUT2D eigenvalue weighted by Crippen LogP contribution is 2.41. The predicted octanol–water partition coefficient (Wildman–Crippen LogP) is 3.19. The van der Waals surface area contributed by atoms with Crippen LogP contribution in [0.25, 0.3) is 0 Å². The zero-order valence-electron chi connectivity index (χ0n) is 11.9. The van der Waals surface area contributed by atoms with Crippen molar-refractivity contribution in [1.82, 2.24) is 4.90 Å².